The largest absolute Gasteiger partial charge is 0.389 e. The average molecular weight is 259 g/mol. The fourth-order valence-electron chi connectivity index (χ4n) is 2.39. The molecule has 3 rings (SSSR count). The Hall–Kier alpha value is -1.72. The normalized spacial score (nSPS) is 23.9. The van der Waals surface area contributed by atoms with Crippen molar-refractivity contribution in [2.45, 2.75) is 25.5 Å². The molecule has 0 aliphatic carbocycles. The van der Waals surface area contributed by atoms with Gasteiger partial charge in [0, 0.05) is 18.7 Å². The van der Waals surface area contributed by atoms with E-state index in [9.17, 15) is 5.11 Å². The molecular weight excluding hydrogens is 242 g/mol. The summed E-state index contributed by atoms with van der Waals surface area (Å²) in [6.07, 6.45) is 0.784. The van der Waals surface area contributed by atoms with Gasteiger partial charge < -0.3 is 9.63 Å². The van der Waals surface area contributed by atoms with E-state index >= 15 is 0 Å². The fourth-order valence-corrected chi connectivity index (χ4v) is 2.39. The molecule has 1 aliphatic rings. The number of nitrogens with zero attached hydrogens (tertiary/aromatic N) is 3. The molecule has 0 spiro atoms. The third kappa shape index (κ3) is 2.83. The van der Waals surface area contributed by atoms with E-state index in [1.54, 1.807) is 0 Å². The number of β-amino-alcohol motifs (C(OH)–C–C–N with tert-alkyl or cyclic N) is 1. The summed E-state index contributed by atoms with van der Waals surface area (Å²) in [4.78, 5) is 6.52. The van der Waals surface area contributed by atoms with Crippen LogP contribution in [0, 0.1) is 0 Å². The van der Waals surface area contributed by atoms with Gasteiger partial charge in [0.15, 0.2) is 0 Å². The molecule has 1 fully saturated rings. The molecule has 1 atom stereocenters. The maximum atomic E-state index is 9.92. The van der Waals surface area contributed by atoms with E-state index in [0.717, 1.165) is 18.5 Å². The maximum absolute atomic E-state index is 9.92. The lowest BCUT2D eigenvalue weighted by Gasteiger charge is -2.16. The summed E-state index contributed by atoms with van der Waals surface area (Å²) >= 11 is 0. The first-order valence-electron chi connectivity index (χ1n) is 6.45. The first kappa shape index (κ1) is 12.3. The number of likely N-dealkylation sites (tertiary alicyclic amines) is 1. The highest BCUT2D eigenvalue weighted by molar-refractivity contribution is 5.53. The Kier molecular flexibility index (Phi) is 3.08. The summed E-state index contributed by atoms with van der Waals surface area (Å²) in [6, 6.07) is 9.76. The molecule has 1 unspecified atom stereocenters. The molecule has 0 radical (unpaired) electrons. The van der Waals surface area contributed by atoms with Crippen LogP contribution in [-0.4, -0.2) is 38.8 Å². The number of hydrogen-bond donors (Lipinski definition) is 1. The first-order valence-corrected chi connectivity index (χ1v) is 6.45. The molecule has 1 aromatic carbocycles. The Morgan fingerprint density at radius 3 is 2.84 bits per heavy atom. The molecule has 0 saturated carbocycles. The summed E-state index contributed by atoms with van der Waals surface area (Å²) in [7, 11) is 0. The number of aromatic nitrogens is 2. The zero-order chi connectivity index (χ0) is 13.3. The standard InChI is InChI=1S/C14H17N3O2/c1-14(18)7-8-17(10-14)9-12-15-13(16-19-12)11-5-3-2-4-6-11/h2-6,18H,7-10H2,1H3. The van der Waals surface area contributed by atoms with Gasteiger partial charge in [-0.1, -0.05) is 35.5 Å². The van der Waals surface area contributed by atoms with E-state index in [0.29, 0.717) is 24.8 Å². The highest BCUT2D eigenvalue weighted by Crippen LogP contribution is 2.22. The summed E-state index contributed by atoms with van der Waals surface area (Å²) < 4.78 is 5.26. The topological polar surface area (TPSA) is 62.4 Å². The monoisotopic (exact) mass is 259 g/mol. The quantitative estimate of drug-likeness (QED) is 0.909. The van der Waals surface area contributed by atoms with Crippen LogP contribution in [0.5, 0.6) is 0 Å². The Balaban J connectivity index is 1.69. The summed E-state index contributed by atoms with van der Waals surface area (Å²) in [5.74, 6) is 1.21. The second kappa shape index (κ2) is 4.75. The van der Waals surface area contributed by atoms with Gasteiger partial charge in [0.25, 0.3) is 0 Å². The van der Waals surface area contributed by atoms with E-state index in [1.165, 1.54) is 0 Å². The highest BCUT2D eigenvalue weighted by Gasteiger charge is 2.31. The van der Waals surface area contributed by atoms with Crippen molar-refractivity contribution in [3.05, 3.63) is 36.2 Å². The van der Waals surface area contributed by atoms with E-state index in [1.807, 2.05) is 37.3 Å². The van der Waals surface area contributed by atoms with Gasteiger partial charge in [0.05, 0.1) is 12.1 Å². The zero-order valence-electron chi connectivity index (χ0n) is 10.9. The van der Waals surface area contributed by atoms with Gasteiger partial charge in [-0.15, -0.1) is 0 Å². The van der Waals surface area contributed by atoms with Crippen molar-refractivity contribution in [2.75, 3.05) is 13.1 Å². The van der Waals surface area contributed by atoms with Crippen LogP contribution in [0.15, 0.2) is 34.9 Å². The van der Waals surface area contributed by atoms with Crippen molar-refractivity contribution < 1.29 is 9.63 Å². The zero-order valence-corrected chi connectivity index (χ0v) is 10.9. The van der Waals surface area contributed by atoms with Crippen molar-refractivity contribution in [1.82, 2.24) is 15.0 Å². The average Bonchev–Trinajstić information content (AvgIpc) is 2.98. The SMILES string of the molecule is CC1(O)CCN(Cc2nc(-c3ccccc3)no2)C1. The van der Waals surface area contributed by atoms with Gasteiger partial charge in [-0.2, -0.15) is 4.98 Å². The van der Waals surface area contributed by atoms with Crippen LogP contribution in [0.1, 0.15) is 19.2 Å². The van der Waals surface area contributed by atoms with Crippen molar-refractivity contribution in [3.63, 3.8) is 0 Å². The van der Waals surface area contributed by atoms with Crippen LogP contribution in [0.2, 0.25) is 0 Å². The Morgan fingerprint density at radius 1 is 1.37 bits per heavy atom. The van der Waals surface area contributed by atoms with Crippen LogP contribution in [0.4, 0.5) is 0 Å². The fraction of sp³-hybridized carbons (Fsp3) is 0.429. The van der Waals surface area contributed by atoms with Crippen LogP contribution >= 0.6 is 0 Å². The Labute approximate surface area is 111 Å². The predicted molar refractivity (Wildman–Crippen MR) is 70.3 cm³/mol. The van der Waals surface area contributed by atoms with Gasteiger partial charge in [0.2, 0.25) is 11.7 Å². The molecule has 1 N–H and O–H groups in total. The van der Waals surface area contributed by atoms with Gasteiger partial charge in [0.1, 0.15) is 0 Å². The second-order valence-corrected chi connectivity index (χ2v) is 5.34. The van der Waals surface area contributed by atoms with Crippen LogP contribution in [0.25, 0.3) is 11.4 Å². The molecule has 0 bridgehead atoms. The first-order chi connectivity index (χ1) is 9.12. The number of rotatable bonds is 3. The molecular formula is C14H17N3O2. The summed E-state index contributed by atoms with van der Waals surface area (Å²) in [5, 5.41) is 13.9. The van der Waals surface area contributed by atoms with Gasteiger partial charge in [-0.25, -0.2) is 0 Å². The predicted octanol–water partition coefficient (Wildman–Crippen LogP) is 1.69. The van der Waals surface area contributed by atoms with Crippen molar-refractivity contribution in [3.8, 4) is 11.4 Å². The third-order valence-electron chi connectivity index (χ3n) is 3.39. The Morgan fingerprint density at radius 2 is 2.16 bits per heavy atom. The second-order valence-electron chi connectivity index (χ2n) is 5.34. The minimum Gasteiger partial charge on any atom is -0.389 e. The van der Waals surface area contributed by atoms with E-state index in [-0.39, 0.29) is 0 Å². The molecule has 5 nitrogen and oxygen atoms in total. The van der Waals surface area contributed by atoms with Crippen LogP contribution in [0.3, 0.4) is 0 Å². The van der Waals surface area contributed by atoms with E-state index < -0.39 is 5.60 Å². The van der Waals surface area contributed by atoms with Crippen LogP contribution in [-0.2, 0) is 6.54 Å². The molecule has 0 amide bonds. The lowest BCUT2D eigenvalue weighted by Crippen LogP contribution is -2.29. The van der Waals surface area contributed by atoms with E-state index in [4.69, 9.17) is 4.52 Å². The minimum absolute atomic E-state index is 0.593. The minimum atomic E-state index is -0.595. The lowest BCUT2D eigenvalue weighted by atomic mass is 10.1. The summed E-state index contributed by atoms with van der Waals surface area (Å²) in [6.45, 7) is 3.96. The molecule has 1 aromatic heterocycles. The maximum Gasteiger partial charge on any atom is 0.241 e. The van der Waals surface area contributed by atoms with Crippen molar-refractivity contribution in [2.24, 2.45) is 0 Å². The molecule has 100 valence electrons. The number of hydrogen-bond acceptors (Lipinski definition) is 5. The van der Waals surface area contributed by atoms with Crippen molar-refractivity contribution in [1.29, 1.82) is 0 Å². The smallest absolute Gasteiger partial charge is 0.241 e. The van der Waals surface area contributed by atoms with Crippen LogP contribution < -0.4 is 0 Å². The highest BCUT2D eigenvalue weighted by atomic mass is 16.5. The van der Waals surface area contributed by atoms with Gasteiger partial charge in [-0.3, -0.25) is 4.90 Å². The Bertz CT molecular complexity index is 551. The third-order valence-corrected chi connectivity index (χ3v) is 3.39. The molecule has 1 saturated heterocycles. The van der Waals surface area contributed by atoms with Crippen molar-refractivity contribution >= 4 is 0 Å². The molecule has 2 heterocycles. The molecule has 2 aromatic rings. The van der Waals surface area contributed by atoms with Gasteiger partial charge in [-0.05, 0) is 13.3 Å². The van der Waals surface area contributed by atoms with E-state index in [2.05, 4.69) is 15.0 Å². The number of aliphatic hydroxyl groups is 1. The molecule has 19 heavy (non-hydrogen) atoms. The molecule has 5 heteroatoms. The summed E-state index contributed by atoms with van der Waals surface area (Å²) in [5.41, 5.74) is 0.355. The lowest BCUT2D eigenvalue weighted by molar-refractivity contribution is 0.0665. The number of benzene rings is 1. The van der Waals surface area contributed by atoms with Gasteiger partial charge >= 0.3 is 0 Å². The molecule has 1 aliphatic heterocycles.